The Morgan fingerprint density at radius 3 is 2.47 bits per heavy atom. The van der Waals surface area contributed by atoms with Crippen LogP contribution in [0.2, 0.25) is 0 Å². The van der Waals surface area contributed by atoms with Crippen LogP contribution in [0, 0.1) is 5.41 Å². The van der Waals surface area contributed by atoms with Crippen LogP contribution in [0.4, 0.5) is 0 Å². The number of hydrogen-bond acceptors (Lipinski definition) is 2. The van der Waals surface area contributed by atoms with E-state index < -0.39 is 0 Å². The predicted molar refractivity (Wildman–Crippen MR) is 65.1 cm³/mol. The zero-order valence-corrected chi connectivity index (χ0v) is 10.4. The van der Waals surface area contributed by atoms with Crippen LogP contribution in [-0.2, 0) is 0 Å². The Bertz CT molecular complexity index is 201. The molecule has 2 rings (SSSR count). The minimum Gasteiger partial charge on any atom is -0.316 e. The first kappa shape index (κ1) is 11.4. The normalized spacial score (nSPS) is 34.8. The van der Waals surface area contributed by atoms with Crippen molar-refractivity contribution in [3.8, 4) is 0 Å². The highest BCUT2D eigenvalue weighted by Crippen LogP contribution is 2.33. The molecule has 1 saturated carbocycles. The molecule has 1 aliphatic carbocycles. The summed E-state index contributed by atoms with van der Waals surface area (Å²) >= 11 is 0. The maximum absolute atomic E-state index is 3.85. The van der Waals surface area contributed by atoms with Gasteiger partial charge in [0.2, 0.25) is 0 Å². The number of nitrogens with one attached hydrogen (secondary N) is 2. The molecule has 2 nitrogen and oxygen atoms in total. The second kappa shape index (κ2) is 4.42. The van der Waals surface area contributed by atoms with E-state index in [-0.39, 0.29) is 0 Å². The Labute approximate surface area is 94.2 Å². The van der Waals surface area contributed by atoms with Gasteiger partial charge >= 0.3 is 0 Å². The predicted octanol–water partition coefficient (Wildman–Crippen LogP) is 2.30. The minimum absolute atomic E-state index is 0.449. The maximum atomic E-state index is 3.85. The molecule has 0 radical (unpaired) electrons. The van der Waals surface area contributed by atoms with Gasteiger partial charge < -0.3 is 10.6 Å². The molecule has 0 aromatic heterocycles. The van der Waals surface area contributed by atoms with Gasteiger partial charge in [0.15, 0.2) is 0 Å². The van der Waals surface area contributed by atoms with Crippen LogP contribution in [-0.4, -0.2) is 25.2 Å². The fraction of sp³-hybridized carbons (Fsp3) is 1.00. The van der Waals surface area contributed by atoms with Gasteiger partial charge in [0.1, 0.15) is 0 Å². The van der Waals surface area contributed by atoms with E-state index in [4.69, 9.17) is 0 Å². The lowest BCUT2D eigenvalue weighted by Crippen LogP contribution is -2.46. The molecule has 0 spiro atoms. The third kappa shape index (κ3) is 2.54. The molecule has 2 heteroatoms. The van der Waals surface area contributed by atoms with Gasteiger partial charge in [-0.25, -0.2) is 0 Å². The first-order chi connectivity index (χ1) is 7.18. The van der Waals surface area contributed by atoms with Gasteiger partial charge in [-0.05, 0) is 44.6 Å². The van der Waals surface area contributed by atoms with E-state index in [0.717, 1.165) is 0 Å². The molecule has 1 aliphatic heterocycles. The first-order valence-electron chi connectivity index (χ1n) is 6.64. The van der Waals surface area contributed by atoms with Gasteiger partial charge in [0, 0.05) is 18.6 Å². The van der Waals surface area contributed by atoms with Gasteiger partial charge in [-0.2, -0.15) is 0 Å². The van der Waals surface area contributed by atoms with Crippen LogP contribution in [0.1, 0.15) is 52.4 Å². The van der Waals surface area contributed by atoms with Crippen LogP contribution >= 0.6 is 0 Å². The quantitative estimate of drug-likeness (QED) is 0.744. The molecule has 0 bridgehead atoms. The molecule has 88 valence electrons. The lowest BCUT2D eigenvalue weighted by Gasteiger charge is -2.33. The average molecular weight is 210 g/mol. The van der Waals surface area contributed by atoms with Crippen molar-refractivity contribution in [2.75, 3.05) is 19.6 Å². The summed E-state index contributed by atoms with van der Waals surface area (Å²) in [4.78, 5) is 0. The highest BCUT2D eigenvalue weighted by atomic mass is 15.0. The Hall–Kier alpha value is -0.0800. The highest BCUT2D eigenvalue weighted by Gasteiger charge is 2.35. The zero-order chi connectivity index (χ0) is 10.8. The summed E-state index contributed by atoms with van der Waals surface area (Å²) in [6.45, 7) is 8.39. The zero-order valence-electron chi connectivity index (χ0n) is 10.4. The van der Waals surface area contributed by atoms with E-state index in [0.29, 0.717) is 11.0 Å². The molecule has 1 unspecified atom stereocenters. The molecule has 0 amide bonds. The monoisotopic (exact) mass is 210 g/mol. The SMILES string of the molecule is CCC1(CNC2(C)CCCC2)CCNC1. The first-order valence-corrected chi connectivity index (χ1v) is 6.64. The molecule has 2 fully saturated rings. The van der Waals surface area contributed by atoms with Crippen molar-refractivity contribution < 1.29 is 0 Å². The van der Waals surface area contributed by atoms with E-state index >= 15 is 0 Å². The van der Waals surface area contributed by atoms with Crippen LogP contribution < -0.4 is 10.6 Å². The van der Waals surface area contributed by atoms with Crippen molar-refractivity contribution in [3.05, 3.63) is 0 Å². The summed E-state index contributed by atoms with van der Waals surface area (Å²) in [6.07, 6.45) is 8.25. The second-order valence-corrected chi connectivity index (χ2v) is 5.90. The fourth-order valence-corrected chi connectivity index (χ4v) is 3.11. The van der Waals surface area contributed by atoms with Gasteiger partial charge in [0.25, 0.3) is 0 Å². The molecule has 15 heavy (non-hydrogen) atoms. The van der Waals surface area contributed by atoms with Crippen LogP contribution in [0.25, 0.3) is 0 Å². The Morgan fingerprint density at radius 1 is 1.20 bits per heavy atom. The van der Waals surface area contributed by atoms with Gasteiger partial charge in [0.05, 0.1) is 0 Å². The van der Waals surface area contributed by atoms with Crippen molar-refractivity contribution in [2.45, 2.75) is 57.9 Å². The van der Waals surface area contributed by atoms with Crippen LogP contribution in [0.5, 0.6) is 0 Å². The molecule has 0 aromatic carbocycles. The minimum atomic E-state index is 0.449. The third-order valence-electron chi connectivity index (χ3n) is 4.68. The molecule has 1 atom stereocenters. The van der Waals surface area contributed by atoms with Crippen molar-refractivity contribution in [2.24, 2.45) is 5.41 Å². The lowest BCUT2D eigenvalue weighted by atomic mass is 9.83. The Balaban J connectivity index is 1.85. The van der Waals surface area contributed by atoms with Crippen molar-refractivity contribution in [1.29, 1.82) is 0 Å². The smallest absolute Gasteiger partial charge is 0.0153 e. The summed E-state index contributed by atoms with van der Waals surface area (Å²) in [7, 11) is 0. The fourth-order valence-electron chi connectivity index (χ4n) is 3.11. The largest absolute Gasteiger partial charge is 0.316 e. The Morgan fingerprint density at radius 2 is 1.93 bits per heavy atom. The second-order valence-electron chi connectivity index (χ2n) is 5.90. The van der Waals surface area contributed by atoms with Gasteiger partial charge in [-0.3, -0.25) is 0 Å². The topological polar surface area (TPSA) is 24.1 Å². The lowest BCUT2D eigenvalue weighted by molar-refractivity contribution is 0.241. The molecular formula is C13H26N2. The summed E-state index contributed by atoms with van der Waals surface area (Å²) < 4.78 is 0. The molecule has 2 N–H and O–H groups in total. The summed E-state index contributed by atoms with van der Waals surface area (Å²) in [5.74, 6) is 0. The van der Waals surface area contributed by atoms with Crippen LogP contribution in [0.3, 0.4) is 0 Å². The average Bonchev–Trinajstić information content (AvgIpc) is 2.86. The van der Waals surface area contributed by atoms with E-state index in [1.54, 1.807) is 0 Å². The van der Waals surface area contributed by atoms with E-state index in [1.165, 1.54) is 58.2 Å². The maximum Gasteiger partial charge on any atom is 0.0153 e. The Kier molecular flexibility index (Phi) is 3.36. The van der Waals surface area contributed by atoms with Crippen molar-refractivity contribution >= 4 is 0 Å². The van der Waals surface area contributed by atoms with E-state index in [2.05, 4.69) is 24.5 Å². The molecule has 1 saturated heterocycles. The molecular weight excluding hydrogens is 184 g/mol. The number of rotatable bonds is 4. The highest BCUT2D eigenvalue weighted by molar-refractivity contribution is 4.94. The van der Waals surface area contributed by atoms with Gasteiger partial charge in [-0.15, -0.1) is 0 Å². The summed E-state index contributed by atoms with van der Waals surface area (Å²) in [5, 5.41) is 7.36. The number of hydrogen-bond donors (Lipinski definition) is 2. The molecule has 1 heterocycles. The van der Waals surface area contributed by atoms with E-state index in [9.17, 15) is 0 Å². The van der Waals surface area contributed by atoms with Gasteiger partial charge in [-0.1, -0.05) is 19.8 Å². The summed E-state index contributed by atoms with van der Waals surface area (Å²) in [5.41, 5.74) is 0.996. The summed E-state index contributed by atoms with van der Waals surface area (Å²) in [6, 6.07) is 0. The van der Waals surface area contributed by atoms with Crippen LogP contribution in [0.15, 0.2) is 0 Å². The van der Waals surface area contributed by atoms with E-state index in [1.807, 2.05) is 0 Å². The molecule has 0 aromatic rings. The standard InChI is InChI=1S/C13H26N2/c1-3-13(8-9-14-10-13)11-15-12(2)6-4-5-7-12/h14-15H,3-11H2,1-2H3. The van der Waals surface area contributed by atoms with Crippen molar-refractivity contribution in [3.63, 3.8) is 0 Å². The third-order valence-corrected chi connectivity index (χ3v) is 4.68. The van der Waals surface area contributed by atoms with Crippen molar-refractivity contribution in [1.82, 2.24) is 10.6 Å². The molecule has 2 aliphatic rings.